The van der Waals surface area contributed by atoms with E-state index in [2.05, 4.69) is 20.5 Å². The van der Waals surface area contributed by atoms with Gasteiger partial charge in [0.1, 0.15) is 0 Å². The predicted octanol–water partition coefficient (Wildman–Crippen LogP) is 3.93. The van der Waals surface area contributed by atoms with Gasteiger partial charge in [-0.05, 0) is 38.3 Å². The minimum absolute atomic E-state index is 0. The van der Waals surface area contributed by atoms with E-state index in [0.29, 0.717) is 11.7 Å². The van der Waals surface area contributed by atoms with Crippen molar-refractivity contribution in [2.45, 2.75) is 31.7 Å². The Bertz CT molecular complexity index is 825. The minimum Gasteiger partial charge on any atom is -0.334 e. The Morgan fingerprint density at radius 3 is 2.65 bits per heavy atom. The summed E-state index contributed by atoms with van der Waals surface area (Å²) in [7, 11) is 0. The topological polar surface area (TPSA) is 77.8 Å². The van der Waals surface area contributed by atoms with Crippen LogP contribution in [0.25, 0.3) is 22.7 Å². The highest BCUT2D eigenvalue weighted by atomic mass is 35.5. The lowest BCUT2D eigenvalue weighted by atomic mass is 9.77. The SMILES string of the molecule is Cc1nc(-c2cccc(-c3nc(C4(N)CCC4)no3)c2)cs1.Cl. The van der Waals surface area contributed by atoms with Crippen LogP contribution in [0.2, 0.25) is 0 Å². The highest BCUT2D eigenvalue weighted by Crippen LogP contribution is 2.37. The molecular weight excluding hydrogens is 332 g/mol. The minimum atomic E-state index is -0.397. The van der Waals surface area contributed by atoms with E-state index in [0.717, 1.165) is 41.1 Å². The molecule has 7 heteroatoms. The van der Waals surface area contributed by atoms with Crippen molar-refractivity contribution in [2.75, 3.05) is 0 Å². The molecule has 23 heavy (non-hydrogen) atoms. The molecule has 2 aromatic heterocycles. The molecule has 0 radical (unpaired) electrons. The Balaban J connectivity index is 0.00000156. The van der Waals surface area contributed by atoms with E-state index in [1.54, 1.807) is 11.3 Å². The van der Waals surface area contributed by atoms with Crippen LogP contribution in [0.15, 0.2) is 34.2 Å². The fourth-order valence-electron chi connectivity index (χ4n) is 2.63. The molecule has 4 rings (SSSR count). The third-order valence-electron chi connectivity index (χ3n) is 4.14. The van der Waals surface area contributed by atoms with Crippen molar-refractivity contribution >= 4 is 23.7 Å². The Kier molecular flexibility index (Phi) is 4.23. The number of aryl methyl sites for hydroxylation is 1. The van der Waals surface area contributed by atoms with Crippen molar-refractivity contribution in [1.29, 1.82) is 0 Å². The Labute approximate surface area is 144 Å². The molecule has 0 saturated heterocycles. The lowest BCUT2D eigenvalue weighted by Gasteiger charge is -2.34. The lowest BCUT2D eigenvalue weighted by Crippen LogP contribution is -2.44. The Hall–Kier alpha value is -1.76. The first-order valence-corrected chi connectivity index (χ1v) is 8.18. The summed E-state index contributed by atoms with van der Waals surface area (Å²) >= 11 is 1.64. The van der Waals surface area contributed by atoms with Crippen molar-refractivity contribution in [2.24, 2.45) is 5.73 Å². The molecule has 5 nitrogen and oxygen atoms in total. The normalized spacial score (nSPS) is 15.7. The van der Waals surface area contributed by atoms with Crippen LogP contribution in [0.3, 0.4) is 0 Å². The Morgan fingerprint density at radius 2 is 2.00 bits per heavy atom. The van der Waals surface area contributed by atoms with Gasteiger partial charge < -0.3 is 10.3 Å². The van der Waals surface area contributed by atoms with Crippen molar-refractivity contribution in [3.05, 3.63) is 40.5 Å². The molecule has 0 atom stereocenters. The second-order valence-electron chi connectivity index (χ2n) is 5.77. The first kappa shape index (κ1) is 16.1. The van der Waals surface area contributed by atoms with Crippen molar-refractivity contribution in [1.82, 2.24) is 15.1 Å². The molecule has 1 saturated carbocycles. The van der Waals surface area contributed by atoms with Gasteiger partial charge in [-0.1, -0.05) is 17.3 Å². The van der Waals surface area contributed by atoms with E-state index < -0.39 is 5.54 Å². The van der Waals surface area contributed by atoms with Crippen molar-refractivity contribution < 1.29 is 4.52 Å². The maximum absolute atomic E-state index is 6.25. The molecule has 0 aliphatic heterocycles. The van der Waals surface area contributed by atoms with Gasteiger partial charge in [0.25, 0.3) is 5.89 Å². The molecule has 2 heterocycles. The third-order valence-corrected chi connectivity index (χ3v) is 4.91. The molecule has 0 unspecified atom stereocenters. The van der Waals surface area contributed by atoms with Gasteiger partial charge in [0.05, 0.1) is 16.2 Å². The fraction of sp³-hybridized carbons (Fsp3) is 0.312. The van der Waals surface area contributed by atoms with E-state index in [1.807, 2.05) is 31.2 Å². The first-order chi connectivity index (χ1) is 10.6. The molecule has 1 aliphatic rings. The van der Waals surface area contributed by atoms with Crippen LogP contribution in [-0.2, 0) is 5.54 Å². The monoisotopic (exact) mass is 348 g/mol. The quantitative estimate of drug-likeness (QED) is 0.775. The summed E-state index contributed by atoms with van der Waals surface area (Å²) in [6.07, 6.45) is 2.97. The zero-order valence-electron chi connectivity index (χ0n) is 12.7. The average Bonchev–Trinajstić information content (AvgIpc) is 3.14. The van der Waals surface area contributed by atoms with E-state index in [-0.39, 0.29) is 12.4 Å². The van der Waals surface area contributed by atoms with Crippen LogP contribution in [0.1, 0.15) is 30.1 Å². The van der Waals surface area contributed by atoms with Gasteiger partial charge in [0.15, 0.2) is 5.82 Å². The van der Waals surface area contributed by atoms with Crippen LogP contribution < -0.4 is 5.73 Å². The van der Waals surface area contributed by atoms with Crippen molar-refractivity contribution in [3.63, 3.8) is 0 Å². The molecule has 2 N–H and O–H groups in total. The van der Waals surface area contributed by atoms with Gasteiger partial charge in [-0.15, -0.1) is 23.7 Å². The summed E-state index contributed by atoms with van der Waals surface area (Å²) in [5, 5.41) is 7.17. The van der Waals surface area contributed by atoms with Crippen LogP contribution in [0.5, 0.6) is 0 Å². The van der Waals surface area contributed by atoms with E-state index in [1.165, 1.54) is 0 Å². The molecule has 0 bridgehead atoms. The number of hydrogen-bond acceptors (Lipinski definition) is 6. The Morgan fingerprint density at radius 1 is 1.22 bits per heavy atom. The number of aromatic nitrogens is 3. The molecule has 3 aromatic rings. The summed E-state index contributed by atoms with van der Waals surface area (Å²) < 4.78 is 5.41. The number of nitrogens with zero attached hydrogens (tertiary/aromatic N) is 3. The predicted molar refractivity (Wildman–Crippen MR) is 92.5 cm³/mol. The zero-order valence-corrected chi connectivity index (χ0v) is 14.3. The van der Waals surface area contributed by atoms with Gasteiger partial charge >= 0.3 is 0 Å². The van der Waals surface area contributed by atoms with Crippen molar-refractivity contribution in [3.8, 4) is 22.7 Å². The number of rotatable bonds is 3. The van der Waals surface area contributed by atoms with Crippen LogP contribution >= 0.6 is 23.7 Å². The number of halogens is 1. The lowest BCUT2D eigenvalue weighted by molar-refractivity contribution is 0.229. The molecule has 1 aliphatic carbocycles. The van der Waals surface area contributed by atoms with Crippen LogP contribution in [0, 0.1) is 6.92 Å². The fourth-order valence-corrected chi connectivity index (χ4v) is 3.25. The summed E-state index contributed by atoms with van der Waals surface area (Å²) in [6, 6.07) is 8.00. The van der Waals surface area contributed by atoms with Crippen LogP contribution in [-0.4, -0.2) is 15.1 Å². The van der Waals surface area contributed by atoms with E-state index >= 15 is 0 Å². The van der Waals surface area contributed by atoms with Gasteiger partial charge in [0, 0.05) is 16.5 Å². The summed E-state index contributed by atoms with van der Waals surface area (Å²) in [5.41, 5.74) is 8.76. The van der Waals surface area contributed by atoms with Gasteiger partial charge in [-0.25, -0.2) is 4.98 Å². The highest BCUT2D eigenvalue weighted by Gasteiger charge is 2.39. The second-order valence-corrected chi connectivity index (χ2v) is 6.83. The molecule has 0 amide bonds. The highest BCUT2D eigenvalue weighted by molar-refractivity contribution is 7.09. The maximum Gasteiger partial charge on any atom is 0.258 e. The number of thiazole rings is 1. The third kappa shape index (κ3) is 2.89. The molecule has 1 aromatic carbocycles. The maximum atomic E-state index is 6.25. The number of hydrogen-bond donors (Lipinski definition) is 1. The van der Waals surface area contributed by atoms with Crippen LogP contribution in [0.4, 0.5) is 0 Å². The summed E-state index contributed by atoms with van der Waals surface area (Å²) in [6.45, 7) is 2.00. The van der Waals surface area contributed by atoms with E-state index in [9.17, 15) is 0 Å². The molecule has 120 valence electrons. The summed E-state index contributed by atoms with van der Waals surface area (Å²) in [5.74, 6) is 1.13. The zero-order chi connectivity index (χ0) is 15.2. The molecular formula is C16H17ClN4OS. The molecule has 0 spiro atoms. The largest absolute Gasteiger partial charge is 0.334 e. The standard InChI is InChI=1S/C16H16N4OS.ClH/c1-10-18-13(9-22-10)11-4-2-5-12(8-11)14-19-15(20-21-14)16(17)6-3-7-16;/h2,4-5,8-9H,3,6-7,17H2,1H3;1H. The number of nitrogens with two attached hydrogens (primary N) is 1. The average molecular weight is 349 g/mol. The molecule has 1 fully saturated rings. The number of benzene rings is 1. The summed E-state index contributed by atoms with van der Waals surface area (Å²) in [4.78, 5) is 9.01. The smallest absolute Gasteiger partial charge is 0.258 e. The van der Waals surface area contributed by atoms with Gasteiger partial charge in [0.2, 0.25) is 0 Å². The van der Waals surface area contributed by atoms with Gasteiger partial charge in [-0.3, -0.25) is 0 Å². The first-order valence-electron chi connectivity index (χ1n) is 7.30. The second kappa shape index (κ2) is 6.03. The van der Waals surface area contributed by atoms with Gasteiger partial charge in [-0.2, -0.15) is 4.98 Å². The van der Waals surface area contributed by atoms with E-state index in [4.69, 9.17) is 10.3 Å².